The summed E-state index contributed by atoms with van der Waals surface area (Å²) in [5, 5.41) is 3.34. The molecule has 0 amide bonds. The third kappa shape index (κ3) is 4.33. The SMILES string of the molecule is COCC1(CNS(=O)(=O)c2ccccc2OC)CCCN1.Cl. The Hall–Kier alpha value is -0.860. The number of sulfonamides is 1. The van der Waals surface area contributed by atoms with Crippen LogP contribution in [0.4, 0.5) is 0 Å². The maximum atomic E-state index is 12.5. The van der Waals surface area contributed by atoms with E-state index in [1.54, 1.807) is 25.3 Å². The van der Waals surface area contributed by atoms with Gasteiger partial charge in [0.25, 0.3) is 0 Å². The monoisotopic (exact) mass is 350 g/mol. The lowest BCUT2D eigenvalue weighted by Crippen LogP contribution is -2.52. The smallest absolute Gasteiger partial charge is 0.244 e. The van der Waals surface area contributed by atoms with E-state index in [1.165, 1.54) is 13.2 Å². The summed E-state index contributed by atoms with van der Waals surface area (Å²) in [5.74, 6) is 0.338. The van der Waals surface area contributed by atoms with Crippen LogP contribution in [0.1, 0.15) is 12.8 Å². The minimum absolute atomic E-state index is 0. The molecule has 1 aliphatic rings. The fourth-order valence-electron chi connectivity index (χ4n) is 2.62. The van der Waals surface area contributed by atoms with Gasteiger partial charge >= 0.3 is 0 Å². The Morgan fingerprint density at radius 2 is 2.05 bits per heavy atom. The van der Waals surface area contributed by atoms with E-state index in [-0.39, 0.29) is 22.8 Å². The molecule has 0 bridgehead atoms. The van der Waals surface area contributed by atoms with Crippen molar-refractivity contribution in [2.75, 3.05) is 33.9 Å². The molecule has 1 aliphatic heterocycles. The molecule has 2 rings (SSSR count). The van der Waals surface area contributed by atoms with E-state index in [0.717, 1.165) is 19.4 Å². The van der Waals surface area contributed by atoms with Crippen LogP contribution in [0.25, 0.3) is 0 Å². The van der Waals surface area contributed by atoms with E-state index in [1.807, 2.05) is 0 Å². The van der Waals surface area contributed by atoms with Crippen LogP contribution in [-0.4, -0.2) is 47.9 Å². The van der Waals surface area contributed by atoms with Crippen LogP contribution in [0.15, 0.2) is 29.2 Å². The summed E-state index contributed by atoms with van der Waals surface area (Å²) in [4.78, 5) is 0.151. The van der Waals surface area contributed by atoms with Gasteiger partial charge in [-0.1, -0.05) is 12.1 Å². The predicted octanol–water partition coefficient (Wildman–Crippen LogP) is 1.16. The average molecular weight is 351 g/mol. The van der Waals surface area contributed by atoms with Gasteiger partial charge in [-0.15, -0.1) is 12.4 Å². The number of hydrogen-bond donors (Lipinski definition) is 2. The minimum atomic E-state index is -3.62. The highest BCUT2D eigenvalue weighted by molar-refractivity contribution is 7.89. The number of methoxy groups -OCH3 is 2. The topological polar surface area (TPSA) is 76.7 Å². The molecule has 1 aromatic rings. The van der Waals surface area contributed by atoms with E-state index >= 15 is 0 Å². The molecular formula is C14H23ClN2O4S. The fraction of sp³-hybridized carbons (Fsp3) is 0.571. The van der Waals surface area contributed by atoms with E-state index in [0.29, 0.717) is 18.9 Å². The number of nitrogens with one attached hydrogen (secondary N) is 2. The summed E-state index contributed by atoms with van der Waals surface area (Å²) in [6.45, 7) is 1.64. The molecule has 0 spiro atoms. The lowest BCUT2D eigenvalue weighted by Gasteiger charge is -2.29. The maximum Gasteiger partial charge on any atom is 0.244 e. The molecule has 22 heavy (non-hydrogen) atoms. The molecular weight excluding hydrogens is 328 g/mol. The minimum Gasteiger partial charge on any atom is -0.495 e. The fourth-order valence-corrected chi connectivity index (χ4v) is 3.92. The van der Waals surface area contributed by atoms with Gasteiger partial charge in [-0.05, 0) is 31.5 Å². The molecule has 1 aromatic carbocycles. The first-order valence-corrected chi connectivity index (χ1v) is 8.38. The summed E-state index contributed by atoms with van der Waals surface area (Å²) in [5.41, 5.74) is -0.330. The second kappa shape index (κ2) is 8.12. The Balaban J connectivity index is 0.00000242. The Morgan fingerprint density at radius 3 is 2.64 bits per heavy atom. The number of benzene rings is 1. The van der Waals surface area contributed by atoms with E-state index in [9.17, 15) is 8.42 Å². The molecule has 6 nitrogen and oxygen atoms in total. The summed E-state index contributed by atoms with van der Waals surface area (Å²) < 4.78 is 37.9. The number of para-hydroxylation sites is 1. The number of hydrogen-bond acceptors (Lipinski definition) is 5. The first-order chi connectivity index (χ1) is 10.0. The summed E-state index contributed by atoms with van der Waals surface area (Å²) in [6, 6.07) is 6.58. The zero-order chi connectivity index (χ0) is 15.3. The third-order valence-corrected chi connectivity index (χ3v) is 5.15. The summed E-state index contributed by atoms with van der Waals surface area (Å²) >= 11 is 0. The van der Waals surface area contributed by atoms with Crippen LogP contribution in [0.5, 0.6) is 5.75 Å². The van der Waals surface area contributed by atoms with Crippen molar-refractivity contribution in [3.8, 4) is 5.75 Å². The molecule has 0 aliphatic carbocycles. The van der Waals surface area contributed by atoms with E-state index in [2.05, 4.69) is 10.0 Å². The second-order valence-electron chi connectivity index (χ2n) is 5.22. The normalized spacial score (nSPS) is 21.4. The van der Waals surface area contributed by atoms with E-state index < -0.39 is 10.0 Å². The molecule has 0 saturated carbocycles. The van der Waals surface area contributed by atoms with Crippen molar-refractivity contribution in [1.29, 1.82) is 0 Å². The summed E-state index contributed by atoms with van der Waals surface area (Å²) in [7, 11) is -0.538. The molecule has 0 aromatic heterocycles. The van der Waals surface area contributed by atoms with Gasteiger partial charge in [0.15, 0.2) is 0 Å². The Bertz CT molecular complexity index is 574. The van der Waals surface area contributed by atoms with Gasteiger partial charge in [0.1, 0.15) is 10.6 Å². The van der Waals surface area contributed by atoms with Crippen LogP contribution < -0.4 is 14.8 Å². The first kappa shape index (κ1) is 19.2. The Kier molecular flexibility index (Phi) is 7.08. The molecule has 2 N–H and O–H groups in total. The molecule has 1 heterocycles. The first-order valence-electron chi connectivity index (χ1n) is 6.90. The van der Waals surface area contributed by atoms with Gasteiger partial charge in [0.05, 0.1) is 19.3 Å². The molecule has 1 atom stereocenters. The second-order valence-corrected chi connectivity index (χ2v) is 6.95. The van der Waals surface area contributed by atoms with Crippen LogP contribution >= 0.6 is 12.4 Å². The Labute approximate surface area is 138 Å². The van der Waals surface area contributed by atoms with Crippen molar-refractivity contribution in [2.45, 2.75) is 23.3 Å². The van der Waals surface area contributed by atoms with Gasteiger partial charge < -0.3 is 14.8 Å². The lowest BCUT2D eigenvalue weighted by atomic mass is 9.99. The van der Waals surface area contributed by atoms with Crippen LogP contribution in [-0.2, 0) is 14.8 Å². The predicted molar refractivity (Wildman–Crippen MR) is 87.3 cm³/mol. The van der Waals surface area contributed by atoms with Gasteiger partial charge in [0, 0.05) is 13.7 Å². The van der Waals surface area contributed by atoms with Crippen LogP contribution in [0, 0.1) is 0 Å². The highest BCUT2D eigenvalue weighted by Gasteiger charge is 2.35. The summed E-state index contributed by atoms with van der Waals surface area (Å²) in [6.07, 6.45) is 1.90. The standard InChI is InChI=1S/C14H22N2O4S.ClH/c1-19-11-14(8-5-9-15-14)10-16-21(17,18)13-7-4-3-6-12(13)20-2;/h3-4,6-7,15-16H,5,8-11H2,1-2H3;1H. The van der Waals surface area contributed by atoms with Crippen molar-refractivity contribution in [3.05, 3.63) is 24.3 Å². The van der Waals surface area contributed by atoms with Gasteiger partial charge in [-0.2, -0.15) is 0 Å². The van der Waals surface area contributed by atoms with Crippen molar-refractivity contribution in [2.24, 2.45) is 0 Å². The lowest BCUT2D eigenvalue weighted by molar-refractivity contribution is 0.122. The number of halogens is 1. The van der Waals surface area contributed by atoms with Crippen LogP contribution in [0.3, 0.4) is 0 Å². The van der Waals surface area contributed by atoms with Crippen molar-refractivity contribution < 1.29 is 17.9 Å². The van der Waals surface area contributed by atoms with Crippen molar-refractivity contribution >= 4 is 22.4 Å². The maximum absolute atomic E-state index is 12.5. The van der Waals surface area contributed by atoms with Crippen molar-refractivity contribution in [3.63, 3.8) is 0 Å². The number of rotatable bonds is 7. The quantitative estimate of drug-likeness (QED) is 0.771. The largest absolute Gasteiger partial charge is 0.495 e. The molecule has 1 fully saturated rings. The molecule has 0 radical (unpaired) electrons. The highest BCUT2D eigenvalue weighted by atomic mass is 35.5. The van der Waals surface area contributed by atoms with Gasteiger partial charge in [-0.3, -0.25) is 0 Å². The zero-order valence-electron chi connectivity index (χ0n) is 12.8. The average Bonchev–Trinajstić information content (AvgIpc) is 2.95. The Morgan fingerprint density at radius 1 is 1.32 bits per heavy atom. The highest BCUT2D eigenvalue weighted by Crippen LogP contribution is 2.24. The molecule has 1 saturated heterocycles. The zero-order valence-corrected chi connectivity index (χ0v) is 14.4. The van der Waals surface area contributed by atoms with Crippen molar-refractivity contribution in [1.82, 2.24) is 10.0 Å². The van der Waals surface area contributed by atoms with Gasteiger partial charge in [0.2, 0.25) is 10.0 Å². The molecule has 8 heteroatoms. The number of ether oxygens (including phenoxy) is 2. The third-order valence-electron chi connectivity index (χ3n) is 3.71. The van der Waals surface area contributed by atoms with E-state index in [4.69, 9.17) is 9.47 Å². The van der Waals surface area contributed by atoms with Gasteiger partial charge in [-0.25, -0.2) is 13.1 Å². The molecule has 126 valence electrons. The van der Waals surface area contributed by atoms with Crippen LogP contribution in [0.2, 0.25) is 0 Å². The molecule has 1 unspecified atom stereocenters.